The zero-order valence-corrected chi connectivity index (χ0v) is 17.6. The Labute approximate surface area is 176 Å². The quantitative estimate of drug-likeness (QED) is 0.671. The van der Waals surface area contributed by atoms with Crippen molar-refractivity contribution in [3.05, 3.63) is 83.2 Å². The lowest BCUT2D eigenvalue weighted by atomic mass is 9.99. The average Bonchev–Trinajstić information content (AvgIpc) is 3.15. The van der Waals surface area contributed by atoms with E-state index in [9.17, 15) is 9.18 Å². The third-order valence-electron chi connectivity index (χ3n) is 5.59. The number of carbonyl (C=O) groups is 1. The summed E-state index contributed by atoms with van der Waals surface area (Å²) in [5.74, 6) is -0.664. The van der Waals surface area contributed by atoms with Crippen LogP contribution in [0.1, 0.15) is 48.4 Å². The number of nitrogens with zero attached hydrogens (tertiary/aromatic N) is 3. The van der Waals surface area contributed by atoms with E-state index in [-0.39, 0.29) is 17.6 Å². The highest BCUT2D eigenvalue weighted by Gasteiger charge is 2.37. The predicted octanol–water partition coefficient (Wildman–Crippen LogP) is 4.65. The standard InChI is InChI=1S/C24H27FN4O/c1-16(2)29-15-26-21-11-12-28(14-18-7-5-4-6-8-18)23(22(21)29)24(30)27-20-10-9-17(3)13-19(20)25/h4-10,13,15-16,23H,11-12,14H2,1-3H3,(H,27,30)/t23-/m1/s1. The molecule has 0 saturated carbocycles. The van der Waals surface area contributed by atoms with Crippen molar-refractivity contribution in [2.45, 2.75) is 45.8 Å². The van der Waals surface area contributed by atoms with Crippen molar-refractivity contribution < 1.29 is 9.18 Å². The molecule has 156 valence electrons. The maximum atomic E-state index is 14.4. The van der Waals surface area contributed by atoms with Crippen molar-refractivity contribution in [3.63, 3.8) is 0 Å². The molecule has 0 unspecified atom stereocenters. The first kappa shape index (κ1) is 20.3. The average molecular weight is 407 g/mol. The van der Waals surface area contributed by atoms with E-state index >= 15 is 0 Å². The minimum absolute atomic E-state index is 0.171. The summed E-state index contributed by atoms with van der Waals surface area (Å²) in [5.41, 5.74) is 3.99. The number of hydrogen-bond donors (Lipinski definition) is 1. The summed E-state index contributed by atoms with van der Waals surface area (Å²) < 4.78 is 16.5. The van der Waals surface area contributed by atoms with Crippen LogP contribution < -0.4 is 5.32 Å². The zero-order chi connectivity index (χ0) is 21.3. The summed E-state index contributed by atoms with van der Waals surface area (Å²) in [5, 5.41) is 2.82. The van der Waals surface area contributed by atoms with E-state index in [1.54, 1.807) is 12.1 Å². The number of fused-ring (bicyclic) bond motifs is 1. The van der Waals surface area contributed by atoms with Gasteiger partial charge in [-0.2, -0.15) is 0 Å². The fourth-order valence-corrected chi connectivity index (χ4v) is 4.06. The molecule has 5 nitrogen and oxygen atoms in total. The predicted molar refractivity (Wildman–Crippen MR) is 116 cm³/mol. The number of aromatic nitrogens is 2. The van der Waals surface area contributed by atoms with Crippen LogP contribution in [0, 0.1) is 12.7 Å². The van der Waals surface area contributed by atoms with Crippen LogP contribution in [0.4, 0.5) is 10.1 Å². The molecule has 2 heterocycles. The first-order valence-electron chi connectivity index (χ1n) is 10.3. The Balaban J connectivity index is 1.70. The van der Waals surface area contributed by atoms with Crippen molar-refractivity contribution in [1.82, 2.24) is 14.5 Å². The number of carbonyl (C=O) groups excluding carboxylic acids is 1. The molecule has 0 fully saturated rings. The van der Waals surface area contributed by atoms with E-state index in [2.05, 4.69) is 45.7 Å². The Morgan fingerprint density at radius 3 is 2.70 bits per heavy atom. The summed E-state index contributed by atoms with van der Waals surface area (Å²) in [6.07, 6.45) is 2.60. The van der Waals surface area contributed by atoms with E-state index in [1.807, 2.05) is 31.5 Å². The highest BCUT2D eigenvalue weighted by atomic mass is 19.1. The van der Waals surface area contributed by atoms with Gasteiger partial charge in [-0.3, -0.25) is 9.69 Å². The van der Waals surface area contributed by atoms with Gasteiger partial charge in [-0.15, -0.1) is 0 Å². The van der Waals surface area contributed by atoms with E-state index in [1.165, 1.54) is 6.07 Å². The number of nitrogens with one attached hydrogen (secondary N) is 1. The normalized spacial score (nSPS) is 16.5. The van der Waals surface area contributed by atoms with Gasteiger partial charge in [0.05, 0.1) is 23.4 Å². The second-order valence-corrected chi connectivity index (χ2v) is 8.16. The molecule has 0 saturated heterocycles. The first-order valence-corrected chi connectivity index (χ1v) is 10.3. The maximum absolute atomic E-state index is 14.4. The number of hydrogen-bond acceptors (Lipinski definition) is 3. The molecule has 1 aromatic heterocycles. The minimum Gasteiger partial charge on any atom is -0.330 e. The SMILES string of the molecule is Cc1ccc(NC(=O)[C@H]2c3c(ncn3C(C)C)CCN2Cc2ccccc2)c(F)c1. The molecule has 30 heavy (non-hydrogen) atoms. The molecule has 1 N–H and O–H groups in total. The second-order valence-electron chi connectivity index (χ2n) is 8.16. The van der Waals surface area contributed by atoms with Gasteiger partial charge in [-0.25, -0.2) is 9.37 Å². The Bertz CT molecular complexity index is 1040. The van der Waals surface area contributed by atoms with Crippen LogP contribution in [-0.2, 0) is 17.8 Å². The van der Waals surface area contributed by atoms with Crippen molar-refractivity contribution in [2.75, 3.05) is 11.9 Å². The van der Waals surface area contributed by atoms with Crippen molar-refractivity contribution >= 4 is 11.6 Å². The van der Waals surface area contributed by atoms with E-state index in [0.717, 1.165) is 28.9 Å². The summed E-state index contributed by atoms with van der Waals surface area (Å²) >= 11 is 0. The Morgan fingerprint density at radius 1 is 1.23 bits per heavy atom. The number of halogens is 1. The molecule has 0 bridgehead atoms. The fourth-order valence-electron chi connectivity index (χ4n) is 4.06. The molecule has 1 aliphatic rings. The van der Waals surface area contributed by atoms with Gasteiger partial charge < -0.3 is 9.88 Å². The molecule has 1 aliphatic heterocycles. The van der Waals surface area contributed by atoms with E-state index in [4.69, 9.17) is 0 Å². The summed E-state index contributed by atoms with van der Waals surface area (Å²) in [7, 11) is 0. The highest BCUT2D eigenvalue weighted by Crippen LogP contribution is 2.33. The van der Waals surface area contributed by atoms with Gasteiger partial charge in [0.25, 0.3) is 0 Å². The lowest BCUT2D eigenvalue weighted by Crippen LogP contribution is -2.43. The topological polar surface area (TPSA) is 50.2 Å². The number of imidazole rings is 1. The Morgan fingerprint density at radius 2 is 2.00 bits per heavy atom. The van der Waals surface area contributed by atoms with Crippen molar-refractivity contribution in [1.29, 1.82) is 0 Å². The third-order valence-corrected chi connectivity index (χ3v) is 5.59. The second kappa shape index (κ2) is 8.40. The van der Waals surface area contributed by atoms with Crippen LogP contribution in [0.3, 0.4) is 0 Å². The van der Waals surface area contributed by atoms with Gasteiger partial charge in [0.2, 0.25) is 5.91 Å². The van der Waals surface area contributed by atoms with E-state index < -0.39 is 11.9 Å². The third kappa shape index (κ3) is 4.00. The summed E-state index contributed by atoms with van der Waals surface area (Å²) in [6, 6.07) is 14.6. The Hall–Kier alpha value is -2.99. The molecule has 3 aromatic rings. The molecule has 4 rings (SSSR count). The molecular formula is C24H27FN4O. The molecular weight excluding hydrogens is 379 g/mol. The van der Waals surface area contributed by atoms with Gasteiger partial charge in [0.15, 0.2) is 0 Å². The van der Waals surface area contributed by atoms with Crippen LogP contribution in [0.25, 0.3) is 0 Å². The van der Waals surface area contributed by atoms with Gasteiger partial charge in [0.1, 0.15) is 11.9 Å². The highest BCUT2D eigenvalue weighted by molar-refractivity contribution is 5.95. The molecule has 1 atom stereocenters. The Kier molecular flexibility index (Phi) is 5.68. The number of aryl methyl sites for hydroxylation is 1. The van der Waals surface area contributed by atoms with Crippen LogP contribution >= 0.6 is 0 Å². The van der Waals surface area contributed by atoms with Crippen molar-refractivity contribution in [2.24, 2.45) is 0 Å². The number of anilines is 1. The molecule has 0 aliphatic carbocycles. The first-order chi connectivity index (χ1) is 14.4. The summed E-state index contributed by atoms with van der Waals surface area (Å²) in [6.45, 7) is 7.33. The van der Waals surface area contributed by atoms with E-state index in [0.29, 0.717) is 13.1 Å². The smallest absolute Gasteiger partial charge is 0.248 e. The fraction of sp³-hybridized carbons (Fsp3) is 0.333. The lowest BCUT2D eigenvalue weighted by molar-refractivity contribution is -0.122. The van der Waals surface area contributed by atoms with Gasteiger partial charge >= 0.3 is 0 Å². The summed E-state index contributed by atoms with van der Waals surface area (Å²) in [4.78, 5) is 20.2. The minimum atomic E-state index is -0.542. The molecule has 0 spiro atoms. The van der Waals surface area contributed by atoms with Gasteiger partial charge in [-0.1, -0.05) is 36.4 Å². The van der Waals surface area contributed by atoms with Gasteiger partial charge in [0, 0.05) is 25.6 Å². The molecule has 2 aromatic carbocycles. The number of amides is 1. The van der Waals surface area contributed by atoms with Crippen LogP contribution in [0.15, 0.2) is 54.9 Å². The lowest BCUT2D eigenvalue weighted by Gasteiger charge is -2.36. The number of rotatable bonds is 5. The largest absolute Gasteiger partial charge is 0.330 e. The van der Waals surface area contributed by atoms with Crippen LogP contribution in [-0.4, -0.2) is 26.9 Å². The molecule has 6 heteroatoms. The van der Waals surface area contributed by atoms with Crippen LogP contribution in [0.5, 0.6) is 0 Å². The molecule has 1 amide bonds. The monoisotopic (exact) mass is 406 g/mol. The number of benzene rings is 2. The zero-order valence-electron chi connectivity index (χ0n) is 17.6. The molecule has 0 radical (unpaired) electrons. The maximum Gasteiger partial charge on any atom is 0.248 e. The van der Waals surface area contributed by atoms with Crippen molar-refractivity contribution in [3.8, 4) is 0 Å². The van der Waals surface area contributed by atoms with Gasteiger partial charge in [-0.05, 0) is 44.0 Å². The van der Waals surface area contributed by atoms with Crippen LogP contribution in [0.2, 0.25) is 0 Å².